The number of primary amides is 1. The van der Waals surface area contributed by atoms with E-state index in [1.165, 1.54) is 24.5 Å². The molecule has 0 unspecified atom stereocenters. The summed E-state index contributed by atoms with van der Waals surface area (Å²) in [5, 5.41) is 24.1. The number of amides is 1. The number of thiophene rings is 1. The SMILES string of the molecule is Cn1cc2ccc(Nc3sc(-c4c(F)cc(C(C)(C)O)cc4F)cc3C(N)=O)nc2c1O. The lowest BCUT2D eigenvalue weighted by molar-refractivity contribution is 0.0778. The number of aryl methyl sites for hydroxylation is 1. The first kappa shape index (κ1) is 21.7. The van der Waals surface area contributed by atoms with E-state index in [1.54, 1.807) is 25.4 Å². The van der Waals surface area contributed by atoms with Gasteiger partial charge in [-0.05, 0) is 49.7 Å². The summed E-state index contributed by atoms with van der Waals surface area (Å²) in [5.41, 5.74) is 4.20. The van der Waals surface area contributed by atoms with Gasteiger partial charge in [-0.2, -0.15) is 0 Å². The molecular weight excluding hydrogens is 438 g/mol. The van der Waals surface area contributed by atoms with E-state index in [4.69, 9.17) is 5.73 Å². The third kappa shape index (κ3) is 3.78. The number of pyridine rings is 1. The van der Waals surface area contributed by atoms with Crippen molar-refractivity contribution in [1.82, 2.24) is 9.55 Å². The number of nitrogens with one attached hydrogen (secondary N) is 1. The molecule has 0 saturated heterocycles. The lowest BCUT2D eigenvalue weighted by Gasteiger charge is -2.18. The Morgan fingerprint density at radius 3 is 2.47 bits per heavy atom. The van der Waals surface area contributed by atoms with Crippen LogP contribution in [0.1, 0.15) is 29.8 Å². The van der Waals surface area contributed by atoms with Crippen molar-refractivity contribution in [3.63, 3.8) is 0 Å². The average Bonchev–Trinajstić information content (AvgIpc) is 3.22. The van der Waals surface area contributed by atoms with Crippen molar-refractivity contribution in [2.45, 2.75) is 19.4 Å². The van der Waals surface area contributed by atoms with Gasteiger partial charge in [-0.25, -0.2) is 13.8 Å². The number of rotatable bonds is 5. The number of nitrogens with zero attached hydrogens (tertiary/aromatic N) is 2. The first-order valence-corrected chi connectivity index (χ1v) is 10.4. The van der Waals surface area contributed by atoms with E-state index in [-0.39, 0.29) is 32.4 Å². The van der Waals surface area contributed by atoms with Crippen LogP contribution in [0.2, 0.25) is 0 Å². The fourth-order valence-electron chi connectivity index (χ4n) is 3.33. The van der Waals surface area contributed by atoms with E-state index >= 15 is 0 Å². The van der Waals surface area contributed by atoms with Gasteiger partial charge in [0, 0.05) is 23.5 Å². The predicted octanol–water partition coefficient (Wildman–Crippen LogP) is 4.36. The smallest absolute Gasteiger partial charge is 0.251 e. The largest absolute Gasteiger partial charge is 0.493 e. The van der Waals surface area contributed by atoms with Crippen LogP contribution in [0.15, 0.2) is 36.5 Å². The fourth-order valence-corrected chi connectivity index (χ4v) is 4.45. The van der Waals surface area contributed by atoms with E-state index in [0.717, 1.165) is 23.5 Å². The summed E-state index contributed by atoms with van der Waals surface area (Å²) in [6.45, 7) is 2.85. The van der Waals surface area contributed by atoms with E-state index in [1.807, 2.05) is 0 Å². The first-order valence-electron chi connectivity index (χ1n) is 9.53. The van der Waals surface area contributed by atoms with Crippen LogP contribution in [0.5, 0.6) is 5.88 Å². The van der Waals surface area contributed by atoms with Crippen LogP contribution < -0.4 is 11.1 Å². The van der Waals surface area contributed by atoms with Crippen LogP contribution >= 0.6 is 11.3 Å². The van der Waals surface area contributed by atoms with Gasteiger partial charge in [0.25, 0.3) is 5.91 Å². The molecule has 4 aromatic rings. The van der Waals surface area contributed by atoms with Gasteiger partial charge in [0.15, 0.2) is 0 Å². The molecule has 4 rings (SSSR count). The molecule has 0 atom stereocenters. The normalized spacial score (nSPS) is 11.8. The second kappa shape index (κ2) is 7.57. The number of nitrogens with two attached hydrogens (primary N) is 1. The summed E-state index contributed by atoms with van der Waals surface area (Å²) in [4.78, 5) is 16.5. The Kier molecular flexibility index (Phi) is 5.14. The number of carbonyl (C=O) groups is 1. The molecule has 0 bridgehead atoms. The number of carbonyl (C=O) groups excluding carboxylic acids is 1. The summed E-state index contributed by atoms with van der Waals surface area (Å²) in [6, 6.07) is 6.80. The number of aromatic hydroxyl groups is 1. The number of aromatic nitrogens is 2. The van der Waals surface area contributed by atoms with Crippen molar-refractivity contribution in [3.05, 3.63) is 59.3 Å². The van der Waals surface area contributed by atoms with E-state index in [9.17, 15) is 23.8 Å². The van der Waals surface area contributed by atoms with Crippen LogP contribution in [0.25, 0.3) is 21.3 Å². The number of fused-ring (bicyclic) bond motifs is 1. The van der Waals surface area contributed by atoms with Crippen LogP contribution in [0, 0.1) is 11.6 Å². The second-order valence-electron chi connectivity index (χ2n) is 7.91. The second-order valence-corrected chi connectivity index (χ2v) is 8.97. The van der Waals surface area contributed by atoms with Crippen LogP contribution in [-0.2, 0) is 12.6 Å². The van der Waals surface area contributed by atoms with Gasteiger partial charge in [-0.3, -0.25) is 4.79 Å². The summed E-state index contributed by atoms with van der Waals surface area (Å²) in [5.74, 6) is -2.25. The molecule has 0 aliphatic carbocycles. The van der Waals surface area contributed by atoms with Gasteiger partial charge >= 0.3 is 0 Å². The highest BCUT2D eigenvalue weighted by Gasteiger charge is 2.24. The Hall–Kier alpha value is -3.50. The Bertz CT molecular complexity index is 1350. The number of benzene rings is 1. The quantitative estimate of drug-likeness (QED) is 0.355. The van der Waals surface area contributed by atoms with Crippen LogP contribution in [-0.4, -0.2) is 25.7 Å². The van der Waals surface area contributed by atoms with Crippen molar-refractivity contribution < 1.29 is 23.8 Å². The highest BCUT2D eigenvalue weighted by atomic mass is 32.1. The maximum absolute atomic E-state index is 14.8. The third-order valence-electron chi connectivity index (χ3n) is 5.04. The molecule has 166 valence electrons. The van der Waals surface area contributed by atoms with Crippen LogP contribution in [0.4, 0.5) is 19.6 Å². The van der Waals surface area contributed by atoms with E-state index in [0.29, 0.717) is 16.7 Å². The van der Waals surface area contributed by atoms with E-state index in [2.05, 4.69) is 10.3 Å². The minimum Gasteiger partial charge on any atom is -0.493 e. The minimum absolute atomic E-state index is 0.0262. The predicted molar refractivity (Wildman–Crippen MR) is 119 cm³/mol. The maximum Gasteiger partial charge on any atom is 0.251 e. The molecule has 3 heterocycles. The number of aliphatic hydroxyl groups is 1. The minimum atomic E-state index is -1.42. The lowest BCUT2D eigenvalue weighted by atomic mass is 9.96. The number of hydrogen-bond donors (Lipinski definition) is 4. The monoisotopic (exact) mass is 458 g/mol. The van der Waals surface area contributed by atoms with E-state index < -0.39 is 23.1 Å². The molecule has 3 aromatic heterocycles. The number of anilines is 2. The van der Waals surface area contributed by atoms with Crippen LogP contribution in [0.3, 0.4) is 0 Å². The van der Waals surface area contributed by atoms with Crippen molar-refractivity contribution >= 4 is 39.0 Å². The van der Waals surface area contributed by atoms with Gasteiger partial charge in [-0.1, -0.05) is 0 Å². The Morgan fingerprint density at radius 2 is 1.88 bits per heavy atom. The summed E-state index contributed by atoms with van der Waals surface area (Å²) < 4.78 is 31.1. The Morgan fingerprint density at radius 1 is 1.22 bits per heavy atom. The molecule has 10 heteroatoms. The van der Waals surface area contributed by atoms with Gasteiger partial charge in [-0.15, -0.1) is 11.3 Å². The molecule has 0 saturated carbocycles. The van der Waals surface area contributed by atoms with Gasteiger partial charge in [0.05, 0.1) is 16.7 Å². The first-order chi connectivity index (χ1) is 15.0. The number of halogens is 2. The lowest BCUT2D eigenvalue weighted by Crippen LogP contribution is -2.16. The maximum atomic E-state index is 14.8. The topological polar surface area (TPSA) is 113 Å². The fraction of sp³-hybridized carbons (Fsp3) is 0.182. The molecule has 0 spiro atoms. The highest BCUT2D eigenvalue weighted by molar-refractivity contribution is 7.20. The summed E-state index contributed by atoms with van der Waals surface area (Å²) >= 11 is 0.930. The molecule has 5 N–H and O–H groups in total. The standard InChI is InChI=1S/C22H20F2N4O3S/c1-22(2,31)11-6-13(23)17(14(24)7-11)15-8-12(19(25)29)20(32-15)27-16-5-4-10-9-28(3)21(30)18(10)26-16/h4-9,30-31H,1-3H3,(H2,25,29)(H,26,27). The van der Waals surface area contributed by atoms with Crippen molar-refractivity contribution in [1.29, 1.82) is 0 Å². The van der Waals surface area contributed by atoms with Gasteiger partial charge in [0.2, 0.25) is 5.88 Å². The highest BCUT2D eigenvalue weighted by Crippen LogP contribution is 2.40. The molecular formula is C22H20F2N4O3S. The summed E-state index contributed by atoms with van der Waals surface area (Å²) in [6.07, 6.45) is 1.71. The molecule has 1 amide bonds. The summed E-state index contributed by atoms with van der Waals surface area (Å²) in [7, 11) is 1.67. The van der Waals surface area contributed by atoms with Crippen molar-refractivity contribution in [3.8, 4) is 16.3 Å². The molecule has 32 heavy (non-hydrogen) atoms. The zero-order chi connectivity index (χ0) is 23.4. The zero-order valence-electron chi connectivity index (χ0n) is 17.4. The zero-order valence-corrected chi connectivity index (χ0v) is 18.2. The Balaban J connectivity index is 1.77. The molecule has 0 fully saturated rings. The molecule has 0 aliphatic rings. The Labute approximate surface area is 185 Å². The van der Waals surface area contributed by atoms with Gasteiger partial charge < -0.3 is 25.8 Å². The van der Waals surface area contributed by atoms with Crippen molar-refractivity contribution in [2.24, 2.45) is 12.8 Å². The third-order valence-corrected chi connectivity index (χ3v) is 6.11. The van der Waals surface area contributed by atoms with Gasteiger partial charge in [0.1, 0.15) is 28.0 Å². The number of hydrogen-bond acceptors (Lipinski definition) is 6. The molecule has 0 aliphatic heterocycles. The molecule has 7 nitrogen and oxygen atoms in total. The average molecular weight is 458 g/mol. The molecule has 0 radical (unpaired) electrons. The molecule has 1 aromatic carbocycles. The van der Waals surface area contributed by atoms with Crippen molar-refractivity contribution in [2.75, 3.05) is 5.32 Å².